The zero-order valence-electron chi connectivity index (χ0n) is 17.5. The summed E-state index contributed by atoms with van der Waals surface area (Å²) in [4.78, 5) is 23.8. The average Bonchev–Trinajstić information content (AvgIpc) is 3.36. The number of ether oxygens (including phenoxy) is 2. The van der Waals surface area contributed by atoms with Crippen LogP contribution in [0.2, 0.25) is 0 Å². The summed E-state index contributed by atoms with van der Waals surface area (Å²) in [6.45, 7) is -0.157. The maximum atomic E-state index is 12.0. The van der Waals surface area contributed by atoms with Crippen LogP contribution < -0.4 is 14.9 Å². The van der Waals surface area contributed by atoms with Gasteiger partial charge in [-0.05, 0) is 70.9 Å². The lowest BCUT2D eigenvalue weighted by Crippen LogP contribution is -2.24. The zero-order valence-corrected chi connectivity index (χ0v) is 17.5. The Bertz CT molecular complexity index is 1290. The fourth-order valence-electron chi connectivity index (χ4n) is 2.93. The maximum absolute atomic E-state index is 12.0. The third-order valence-electron chi connectivity index (χ3n) is 4.52. The average molecular weight is 440 g/mol. The largest absolute Gasteiger partial charge is 0.484 e. The summed E-state index contributed by atoms with van der Waals surface area (Å²) in [6, 6.07) is 23.7. The molecule has 0 atom stereocenters. The lowest BCUT2D eigenvalue weighted by Gasteiger charge is -2.06. The normalized spacial score (nSPS) is 11.2. The molecule has 0 spiro atoms. The number of amides is 1. The Hall–Kier alpha value is -4.65. The molecule has 4 aromatic rings. The number of esters is 1. The van der Waals surface area contributed by atoms with Crippen molar-refractivity contribution >= 4 is 34.9 Å². The molecule has 0 bridgehead atoms. The third-order valence-corrected chi connectivity index (χ3v) is 4.52. The quantitative estimate of drug-likeness (QED) is 0.142. The van der Waals surface area contributed by atoms with Gasteiger partial charge in [0.15, 0.2) is 6.61 Å². The van der Waals surface area contributed by atoms with Crippen molar-refractivity contribution in [3.05, 3.63) is 103 Å². The maximum Gasteiger partial charge on any atom is 0.336 e. The fraction of sp³-hybridized carbons (Fsp3) is 0.0385. The summed E-state index contributed by atoms with van der Waals surface area (Å²) in [5, 5.41) is 6.06. The van der Waals surface area contributed by atoms with Gasteiger partial charge < -0.3 is 13.9 Å². The van der Waals surface area contributed by atoms with Crippen molar-refractivity contribution in [2.45, 2.75) is 0 Å². The molecule has 0 fully saturated rings. The van der Waals surface area contributed by atoms with Gasteiger partial charge in [0.25, 0.3) is 5.91 Å². The number of carbonyl (C=O) groups is 2. The highest BCUT2D eigenvalue weighted by Crippen LogP contribution is 2.20. The van der Waals surface area contributed by atoms with Crippen LogP contribution in [0, 0.1) is 0 Å². The number of rotatable bonds is 8. The first-order valence-electron chi connectivity index (χ1n) is 10.1. The second-order valence-electron chi connectivity index (χ2n) is 6.93. The van der Waals surface area contributed by atoms with Crippen LogP contribution in [0.15, 0.2) is 101 Å². The number of carbonyl (C=O) groups excluding carboxylic acids is 2. The Morgan fingerprint density at radius 1 is 0.909 bits per heavy atom. The topological polar surface area (TPSA) is 90.1 Å². The van der Waals surface area contributed by atoms with Crippen molar-refractivity contribution in [3.8, 4) is 11.5 Å². The number of fused-ring (bicyclic) bond motifs is 1. The number of hydrogen-bond acceptors (Lipinski definition) is 6. The molecule has 0 radical (unpaired) electrons. The first-order valence-corrected chi connectivity index (χ1v) is 10.1. The van der Waals surface area contributed by atoms with Crippen molar-refractivity contribution in [3.63, 3.8) is 0 Å². The van der Waals surface area contributed by atoms with Gasteiger partial charge in [-0.3, -0.25) is 4.79 Å². The monoisotopic (exact) mass is 440 g/mol. The molecule has 1 aromatic heterocycles. The van der Waals surface area contributed by atoms with Gasteiger partial charge in [-0.1, -0.05) is 30.3 Å². The minimum absolute atomic E-state index is 0.157. The molecule has 1 heterocycles. The van der Waals surface area contributed by atoms with Crippen LogP contribution in [-0.2, 0) is 9.59 Å². The third kappa shape index (κ3) is 6.41. The fourth-order valence-corrected chi connectivity index (χ4v) is 2.93. The predicted octanol–water partition coefficient (Wildman–Crippen LogP) is 4.58. The van der Waals surface area contributed by atoms with Gasteiger partial charge in [0.1, 0.15) is 17.3 Å². The number of benzene rings is 3. The Morgan fingerprint density at radius 3 is 2.48 bits per heavy atom. The van der Waals surface area contributed by atoms with Crippen LogP contribution in [0.5, 0.6) is 11.5 Å². The van der Waals surface area contributed by atoms with E-state index in [1.54, 1.807) is 36.4 Å². The second-order valence-corrected chi connectivity index (χ2v) is 6.93. The molecule has 0 aliphatic rings. The Morgan fingerprint density at radius 2 is 1.70 bits per heavy atom. The molecule has 0 aliphatic heterocycles. The summed E-state index contributed by atoms with van der Waals surface area (Å²) >= 11 is 0. The van der Waals surface area contributed by atoms with Crippen LogP contribution >= 0.6 is 0 Å². The SMILES string of the molecule is O=C(COc1ccc2ccccc2c1)N/N=C/c1ccc(OC(=O)/C=C/c2ccco2)cc1. The minimum atomic E-state index is -0.522. The van der Waals surface area contributed by atoms with Crippen LogP contribution in [0.1, 0.15) is 11.3 Å². The Kier molecular flexibility index (Phi) is 6.92. The van der Waals surface area contributed by atoms with E-state index in [1.807, 2.05) is 42.5 Å². The van der Waals surface area contributed by atoms with Gasteiger partial charge in [0, 0.05) is 6.08 Å². The summed E-state index contributed by atoms with van der Waals surface area (Å²) in [7, 11) is 0. The standard InChI is InChI=1S/C26H20N2O5/c29-25(18-32-24-12-9-20-4-1-2-5-21(20)16-24)28-27-17-19-7-10-23(11-8-19)33-26(30)14-13-22-6-3-15-31-22/h1-17H,18H2,(H,28,29)/b14-13+,27-17+. The van der Waals surface area contributed by atoms with Crippen LogP contribution in [-0.4, -0.2) is 24.7 Å². The number of nitrogens with zero attached hydrogens (tertiary/aromatic N) is 1. The van der Waals surface area contributed by atoms with Gasteiger partial charge in [0.05, 0.1) is 12.5 Å². The summed E-state index contributed by atoms with van der Waals surface area (Å²) in [5.41, 5.74) is 3.14. The van der Waals surface area contributed by atoms with Crippen molar-refractivity contribution in [1.82, 2.24) is 5.43 Å². The van der Waals surface area contributed by atoms with Gasteiger partial charge in [-0.15, -0.1) is 0 Å². The molecule has 1 N–H and O–H groups in total. The summed E-state index contributed by atoms with van der Waals surface area (Å²) in [6.07, 6.45) is 5.81. The van der Waals surface area contributed by atoms with Gasteiger partial charge in [0.2, 0.25) is 0 Å². The van der Waals surface area contributed by atoms with Crippen LogP contribution in [0.3, 0.4) is 0 Å². The molecule has 0 aliphatic carbocycles. The van der Waals surface area contributed by atoms with Crippen LogP contribution in [0.25, 0.3) is 16.8 Å². The first kappa shape index (κ1) is 21.6. The zero-order chi connectivity index (χ0) is 22.9. The van der Waals surface area contributed by atoms with E-state index in [1.165, 1.54) is 24.6 Å². The molecule has 1 amide bonds. The molecule has 3 aromatic carbocycles. The smallest absolute Gasteiger partial charge is 0.336 e. The van der Waals surface area contributed by atoms with E-state index in [0.717, 1.165) is 16.3 Å². The lowest BCUT2D eigenvalue weighted by molar-refractivity contribution is -0.129. The van der Waals surface area contributed by atoms with Crippen molar-refractivity contribution in [2.75, 3.05) is 6.61 Å². The highest BCUT2D eigenvalue weighted by atomic mass is 16.5. The van der Waals surface area contributed by atoms with E-state index >= 15 is 0 Å². The molecule has 4 rings (SSSR count). The van der Waals surface area contributed by atoms with E-state index in [4.69, 9.17) is 13.9 Å². The molecular formula is C26H20N2O5. The Labute approximate surface area is 189 Å². The summed E-state index contributed by atoms with van der Waals surface area (Å²) < 4.78 is 15.9. The van der Waals surface area contributed by atoms with E-state index < -0.39 is 5.97 Å². The molecule has 0 unspecified atom stereocenters. The number of hydrogen-bond donors (Lipinski definition) is 1. The molecular weight excluding hydrogens is 420 g/mol. The van der Waals surface area contributed by atoms with Crippen molar-refractivity contribution < 1.29 is 23.5 Å². The molecule has 0 saturated heterocycles. The minimum Gasteiger partial charge on any atom is -0.484 e. The van der Waals surface area contributed by atoms with E-state index in [-0.39, 0.29) is 12.5 Å². The van der Waals surface area contributed by atoms with E-state index in [9.17, 15) is 9.59 Å². The Balaban J connectivity index is 1.22. The number of nitrogens with one attached hydrogen (secondary N) is 1. The molecule has 7 heteroatoms. The highest BCUT2D eigenvalue weighted by Gasteiger charge is 2.03. The number of hydrazone groups is 1. The van der Waals surface area contributed by atoms with Crippen molar-refractivity contribution in [2.24, 2.45) is 5.10 Å². The second kappa shape index (κ2) is 10.6. The predicted molar refractivity (Wildman–Crippen MR) is 125 cm³/mol. The molecule has 164 valence electrons. The van der Waals surface area contributed by atoms with Gasteiger partial charge in [-0.25, -0.2) is 10.2 Å². The number of furan rings is 1. The van der Waals surface area contributed by atoms with E-state index in [0.29, 0.717) is 17.3 Å². The summed E-state index contributed by atoms with van der Waals surface area (Å²) in [5.74, 6) is 0.647. The van der Waals surface area contributed by atoms with Gasteiger partial charge in [-0.2, -0.15) is 5.10 Å². The molecule has 33 heavy (non-hydrogen) atoms. The first-order chi connectivity index (χ1) is 16.2. The molecule has 7 nitrogen and oxygen atoms in total. The van der Waals surface area contributed by atoms with E-state index in [2.05, 4.69) is 10.5 Å². The highest BCUT2D eigenvalue weighted by molar-refractivity contribution is 5.88. The van der Waals surface area contributed by atoms with Gasteiger partial charge >= 0.3 is 5.97 Å². The molecule has 0 saturated carbocycles. The van der Waals surface area contributed by atoms with Crippen LogP contribution in [0.4, 0.5) is 0 Å². The van der Waals surface area contributed by atoms with Crippen molar-refractivity contribution in [1.29, 1.82) is 0 Å². The lowest BCUT2D eigenvalue weighted by atomic mass is 10.1.